The third kappa shape index (κ3) is 2.12. The summed E-state index contributed by atoms with van der Waals surface area (Å²) < 4.78 is 1.68. The fourth-order valence-electron chi connectivity index (χ4n) is 1.28. The van der Waals surface area contributed by atoms with E-state index in [2.05, 4.69) is 5.10 Å². The first kappa shape index (κ1) is 10.8. The Labute approximate surface area is 101 Å². The lowest BCUT2D eigenvalue weighted by Gasteiger charge is -2.00. The van der Waals surface area contributed by atoms with Gasteiger partial charge in [0.1, 0.15) is 10.8 Å². The van der Waals surface area contributed by atoms with Crippen LogP contribution in [-0.4, -0.2) is 9.78 Å². The van der Waals surface area contributed by atoms with E-state index in [4.69, 9.17) is 28.9 Å². The second kappa shape index (κ2) is 4.04. The molecule has 0 saturated heterocycles. The fraction of sp³-hybridized carbons (Fsp3) is 0.222. The molecule has 0 aromatic carbocycles. The van der Waals surface area contributed by atoms with E-state index in [0.29, 0.717) is 17.4 Å². The van der Waals surface area contributed by atoms with Crippen LogP contribution in [0.25, 0.3) is 0 Å². The molecule has 0 amide bonds. The Morgan fingerprint density at radius 1 is 1.53 bits per heavy atom. The molecule has 2 aromatic rings. The molecule has 0 aliphatic carbocycles. The van der Waals surface area contributed by atoms with E-state index in [1.807, 2.05) is 18.4 Å². The lowest BCUT2D eigenvalue weighted by Crippen LogP contribution is -2.04. The van der Waals surface area contributed by atoms with E-state index in [0.717, 1.165) is 15.6 Å². The Hall–Kier alpha value is -0.710. The van der Waals surface area contributed by atoms with Crippen molar-refractivity contribution in [3.8, 4) is 0 Å². The first-order valence-electron chi connectivity index (χ1n) is 4.29. The van der Waals surface area contributed by atoms with Crippen molar-refractivity contribution in [3.63, 3.8) is 0 Å². The molecule has 0 saturated carbocycles. The van der Waals surface area contributed by atoms with E-state index < -0.39 is 0 Å². The molecule has 15 heavy (non-hydrogen) atoms. The second-order valence-electron chi connectivity index (χ2n) is 3.17. The zero-order chi connectivity index (χ0) is 11.0. The maximum absolute atomic E-state index is 5.94. The zero-order valence-corrected chi connectivity index (χ0v) is 10.3. The van der Waals surface area contributed by atoms with Gasteiger partial charge in [-0.3, -0.25) is 0 Å². The standard InChI is InChI=1S/C9H9Cl2N3S/c1-5-8(11)9(12)14(13-5)3-7-2-6(10)4-15-7/h2,4H,3,12H2,1H3. The summed E-state index contributed by atoms with van der Waals surface area (Å²) in [6, 6.07) is 1.90. The van der Waals surface area contributed by atoms with Crippen LogP contribution in [0.5, 0.6) is 0 Å². The zero-order valence-electron chi connectivity index (χ0n) is 8.00. The molecule has 0 fully saturated rings. The van der Waals surface area contributed by atoms with Gasteiger partial charge in [0.15, 0.2) is 0 Å². The first-order chi connectivity index (χ1) is 7.08. The van der Waals surface area contributed by atoms with Gasteiger partial charge in [-0.2, -0.15) is 5.10 Å². The fourth-order valence-corrected chi connectivity index (χ4v) is 2.47. The van der Waals surface area contributed by atoms with Crippen molar-refractivity contribution in [2.75, 3.05) is 5.73 Å². The molecular formula is C9H9Cl2N3S. The van der Waals surface area contributed by atoms with Crippen LogP contribution in [0.3, 0.4) is 0 Å². The summed E-state index contributed by atoms with van der Waals surface area (Å²) in [6.45, 7) is 2.44. The van der Waals surface area contributed by atoms with Crippen molar-refractivity contribution < 1.29 is 0 Å². The van der Waals surface area contributed by atoms with Crippen molar-refractivity contribution >= 4 is 40.4 Å². The number of nitrogen functional groups attached to an aromatic ring is 1. The molecule has 0 unspecified atom stereocenters. The minimum Gasteiger partial charge on any atom is -0.383 e. The maximum Gasteiger partial charge on any atom is 0.141 e. The molecule has 2 heterocycles. The average Bonchev–Trinajstić information content (AvgIpc) is 2.68. The minimum atomic E-state index is 0.499. The molecule has 2 rings (SSSR count). The van der Waals surface area contributed by atoms with Gasteiger partial charge in [0.05, 0.1) is 17.3 Å². The van der Waals surface area contributed by atoms with Gasteiger partial charge in [0, 0.05) is 10.3 Å². The predicted molar refractivity (Wildman–Crippen MR) is 64.8 cm³/mol. The quantitative estimate of drug-likeness (QED) is 0.903. The number of nitrogens with zero attached hydrogens (tertiary/aromatic N) is 2. The molecule has 6 heteroatoms. The van der Waals surface area contributed by atoms with Gasteiger partial charge in [-0.1, -0.05) is 23.2 Å². The van der Waals surface area contributed by atoms with Crippen LogP contribution in [0, 0.1) is 6.92 Å². The Kier molecular flexibility index (Phi) is 2.91. The van der Waals surface area contributed by atoms with Crippen LogP contribution in [0.15, 0.2) is 11.4 Å². The van der Waals surface area contributed by atoms with Gasteiger partial charge in [0.25, 0.3) is 0 Å². The highest BCUT2D eigenvalue weighted by Crippen LogP contribution is 2.25. The molecule has 0 spiro atoms. The Morgan fingerprint density at radius 2 is 2.27 bits per heavy atom. The lowest BCUT2D eigenvalue weighted by molar-refractivity contribution is 0.697. The number of anilines is 1. The molecule has 0 atom stereocenters. The number of rotatable bonds is 2. The van der Waals surface area contributed by atoms with Crippen molar-refractivity contribution in [1.29, 1.82) is 0 Å². The number of nitrogens with two attached hydrogens (primary N) is 1. The van der Waals surface area contributed by atoms with Gasteiger partial charge in [-0.25, -0.2) is 4.68 Å². The van der Waals surface area contributed by atoms with Gasteiger partial charge in [-0.15, -0.1) is 11.3 Å². The van der Waals surface area contributed by atoms with Gasteiger partial charge in [0.2, 0.25) is 0 Å². The van der Waals surface area contributed by atoms with E-state index in [1.54, 1.807) is 16.0 Å². The Morgan fingerprint density at radius 3 is 2.73 bits per heavy atom. The number of aromatic nitrogens is 2. The van der Waals surface area contributed by atoms with E-state index in [9.17, 15) is 0 Å². The van der Waals surface area contributed by atoms with E-state index in [1.165, 1.54) is 0 Å². The first-order valence-corrected chi connectivity index (χ1v) is 5.93. The van der Waals surface area contributed by atoms with Gasteiger partial charge >= 0.3 is 0 Å². The van der Waals surface area contributed by atoms with E-state index in [-0.39, 0.29) is 0 Å². The van der Waals surface area contributed by atoms with Gasteiger partial charge < -0.3 is 5.73 Å². The minimum absolute atomic E-state index is 0.499. The van der Waals surface area contributed by atoms with Crippen molar-refractivity contribution in [3.05, 3.63) is 32.1 Å². The normalized spacial score (nSPS) is 10.9. The highest BCUT2D eigenvalue weighted by atomic mass is 35.5. The summed E-state index contributed by atoms with van der Waals surface area (Å²) in [7, 11) is 0. The summed E-state index contributed by atoms with van der Waals surface area (Å²) in [6.07, 6.45) is 0. The van der Waals surface area contributed by atoms with Crippen LogP contribution in [0.1, 0.15) is 10.6 Å². The highest BCUT2D eigenvalue weighted by Gasteiger charge is 2.10. The van der Waals surface area contributed by atoms with Gasteiger partial charge in [-0.05, 0) is 13.0 Å². The molecule has 0 bridgehead atoms. The smallest absolute Gasteiger partial charge is 0.141 e. The monoisotopic (exact) mass is 261 g/mol. The molecule has 0 radical (unpaired) electrons. The largest absolute Gasteiger partial charge is 0.383 e. The number of hydrogen-bond acceptors (Lipinski definition) is 3. The number of thiophene rings is 1. The topological polar surface area (TPSA) is 43.8 Å². The average molecular weight is 262 g/mol. The summed E-state index contributed by atoms with van der Waals surface area (Å²) in [4.78, 5) is 1.10. The third-order valence-electron chi connectivity index (χ3n) is 2.02. The van der Waals surface area contributed by atoms with Crippen molar-refractivity contribution in [2.45, 2.75) is 13.5 Å². The van der Waals surface area contributed by atoms with E-state index >= 15 is 0 Å². The summed E-state index contributed by atoms with van der Waals surface area (Å²) in [5.74, 6) is 0.499. The molecule has 3 nitrogen and oxygen atoms in total. The van der Waals surface area contributed by atoms with Crippen LogP contribution in [-0.2, 0) is 6.54 Å². The molecular weight excluding hydrogens is 253 g/mol. The molecule has 80 valence electrons. The van der Waals surface area contributed by atoms with Crippen LogP contribution < -0.4 is 5.73 Å². The van der Waals surface area contributed by atoms with Crippen molar-refractivity contribution in [2.24, 2.45) is 0 Å². The van der Waals surface area contributed by atoms with Crippen LogP contribution in [0.4, 0.5) is 5.82 Å². The molecule has 0 aliphatic rings. The molecule has 2 aromatic heterocycles. The summed E-state index contributed by atoms with van der Waals surface area (Å²) in [5, 5.41) is 7.38. The maximum atomic E-state index is 5.94. The molecule has 2 N–H and O–H groups in total. The van der Waals surface area contributed by atoms with Crippen LogP contribution in [0.2, 0.25) is 10.0 Å². The number of halogens is 2. The van der Waals surface area contributed by atoms with Crippen molar-refractivity contribution in [1.82, 2.24) is 9.78 Å². The third-order valence-corrected chi connectivity index (χ3v) is 3.75. The summed E-state index contributed by atoms with van der Waals surface area (Å²) >= 11 is 13.3. The lowest BCUT2D eigenvalue weighted by atomic mass is 10.4. The highest BCUT2D eigenvalue weighted by molar-refractivity contribution is 7.10. The second-order valence-corrected chi connectivity index (χ2v) is 4.98. The predicted octanol–water partition coefficient (Wildman–Crippen LogP) is 3.19. The SMILES string of the molecule is Cc1nn(Cc2cc(Cl)cs2)c(N)c1Cl. The summed E-state index contributed by atoms with van der Waals surface area (Å²) in [5.41, 5.74) is 6.55. The van der Waals surface area contributed by atoms with Crippen LogP contribution >= 0.6 is 34.5 Å². The molecule has 0 aliphatic heterocycles. The Balaban J connectivity index is 2.28. The Bertz CT molecular complexity index is 490. The number of hydrogen-bond donors (Lipinski definition) is 1. The number of aryl methyl sites for hydroxylation is 1.